The number of allylic oxidation sites excluding steroid dienone is 1. The molecule has 0 saturated carbocycles. The first-order chi connectivity index (χ1) is 13.1. The number of halogens is 3. The molecule has 8 heteroatoms. The second-order valence-corrected chi connectivity index (χ2v) is 6.95. The molecule has 1 heterocycles. The van der Waals surface area contributed by atoms with Gasteiger partial charge in [-0.25, -0.2) is 18.0 Å². The predicted molar refractivity (Wildman–Crippen MR) is 99.6 cm³/mol. The van der Waals surface area contributed by atoms with Crippen molar-refractivity contribution in [2.24, 2.45) is 5.92 Å². The van der Waals surface area contributed by atoms with Gasteiger partial charge in [0.25, 0.3) is 0 Å². The van der Waals surface area contributed by atoms with Crippen molar-refractivity contribution in [2.75, 3.05) is 13.7 Å². The molecule has 1 unspecified atom stereocenters. The molecule has 28 heavy (non-hydrogen) atoms. The summed E-state index contributed by atoms with van der Waals surface area (Å²) in [6.07, 6.45) is 1.12. The zero-order valence-corrected chi connectivity index (χ0v) is 16.7. The van der Waals surface area contributed by atoms with Crippen LogP contribution in [0.5, 0.6) is 0 Å². The fourth-order valence-electron chi connectivity index (χ4n) is 2.69. The lowest BCUT2D eigenvalue weighted by Gasteiger charge is -2.20. The summed E-state index contributed by atoms with van der Waals surface area (Å²) < 4.78 is 43.7. The Morgan fingerprint density at radius 3 is 2.43 bits per heavy atom. The molecule has 1 saturated heterocycles. The van der Waals surface area contributed by atoms with Crippen LogP contribution in [0.2, 0.25) is 0 Å². The van der Waals surface area contributed by atoms with E-state index in [9.17, 15) is 22.8 Å². The number of rotatable bonds is 6. The van der Waals surface area contributed by atoms with Gasteiger partial charge in [-0.3, -0.25) is 4.79 Å². The van der Waals surface area contributed by atoms with Crippen molar-refractivity contribution in [3.05, 3.63) is 47.4 Å². The van der Waals surface area contributed by atoms with Gasteiger partial charge < -0.3 is 15.0 Å². The van der Waals surface area contributed by atoms with Crippen molar-refractivity contribution in [1.82, 2.24) is 10.2 Å². The first-order valence-electron chi connectivity index (χ1n) is 8.97. The van der Waals surface area contributed by atoms with Gasteiger partial charge in [0.15, 0.2) is 11.6 Å². The van der Waals surface area contributed by atoms with E-state index in [0.29, 0.717) is 25.5 Å². The predicted octanol–water partition coefficient (Wildman–Crippen LogP) is 3.53. The van der Waals surface area contributed by atoms with E-state index >= 15 is 0 Å². The van der Waals surface area contributed by atoms with Crippen LogP contribution < -0.4 is 5.32 Å². The number of methoxy groups -OCH3 is 1. The second kappa shape index (κ2) is 10.7. The quantitative estimate of drug-likeness (QED) is 0.586. The van der Waals surface area contributed by atoms with Gasteiger partial charge in [-0.2, -0.15) is 0 Å². The summed E-state index contributed by atoms with van der Waals surface area (Å²) in [7, 11) is 1.39. The van der Waals surface area contributed by atoms with E-state index in [0.717, 1.165) is 11.8 Å². The van der Waals surface area contributed by atoms with Crippen LogP contribution >= 0.6 is 0 Å². The topological polar surface area (TPSA) is 58.6 Å². The lowest BCUT2D eigenvalue weighted by Crippen LogP contribution is -2.40. The maximum Gasteiger partial charge on any atom is 0.328 e. The molecule has 0 radical (unpaired) electrons. The Hall–Kier alpha value is -2.51. The molecule has 0 aliphatic carbocycles. The molecule has 1 aromatic carbocycles. The maximum atomic E-state index is 13.3. The highest BCUT2D eigenvalue weighted by molar-refractivity contribution is 5.78. The van der Waals surface area contributed by atoms with E-state index in [1.165, 1.54) is 12.0 Å². The van der Waals surface area contributed by atoms with Crippen LogP contribution in [0, 0.1) is 23.4 Å². The zero-order valence-electron chi connectivity index (χ0n) is 16.7. The smallest absolute Gasteiger partial charge is 0.328 e. The Balaban J connectivity index is 0.000000295. The Morgan fingerprint density at radius 2 is 1.96 bits per heavy atom. The number of esters is 1. The Bertz CT molecular complexity index is 723. The van der Waals surface area contributed by atoms with E-state index in [1.54, 1.807) is 0 Å². The van der Waals surface area contributed by atoms with Crippen molar-refractivity contribution < 1.29 is 27.5 Å². The third-order valence-electron chi connectivity index (χ3n) is 4.12. The number of hydrogen-bond acceptors (Lipinski definition) is 4. The minimum atomic E-state index is -1.22. The van der Waals surface area contributed by atoms with E-state index in [-0.39, 0.29) is 35.9 Å². The number of carbonyl (C=O) groups is 2. The van der Waals surface area contributed by atoms with Gasteiger partial charge in [0.1, 0.15) is 11.9 Å². The summed E-state index contributed by atoms with van der Waals surface area (Å²) in [5.41, 5.74) is 0.659. The van der Waals surface area contributed by atoms with Gasteiger partial charge in [-0.1, -0.05) is 20.4 Å². The van der Waals surface area contributed by atoms with Gasteiger partial charge in [0.05, 0.1) is 7.11 Å². The Labute approximate surface area is 163 Å². The highest BCUT2D eigenvalue weighted by atomic mass is 19.2. The van der Waals surface area contributed by atoms with Crippen molar-refractivity contribution in [2.45, 2.75) is 46.2 Å². The lowest BCUT2D eigenvalue weighted by atomic mass is 10.0. The number of carbonyl (C=O) groups excluding carboxylic acids is 2. The lowest BCUT2D eigenvalue weighted by molar-refractivity contribution is -0.144. The summed E-state index contributed by atoms with van der Waals surface area (Å²) in [4.78, 5) is 23.8. The van der Waals surface area contributed by atoms with Gasteiger partial charge in [-0.05, 0) is 25.3 Å². The largest absolute Gasteiger partial charge is 0.467 e. The standard InChI is InChI=1S/C11H10F3NO.C9H17NO2/c12-8-4-7(11(14)9(13)5-8)6-15-3-1-2-10(15)16;1-6(2)8(9(11)12-5)10-7(3)4/h4-5H,1-3,6H2;6,8,10H,3H2,1-2,4-5H3. The SMILES string of the molecule is C=C(C)NC(C(=O)OC)C(C)C.O=C1CCCN1Cc1cc(F)cc(F)c1F. The second-order valence-electron chi connectivity index (χ2n) is 6.95. The number of hydrogen-bond donors (Lipinski definition) is 1. The summed E-state index contributed by atoms with van der Waals surface area (Å²) in [6, 6.07) is 1.13. The molecule has 0 bridgehead atoms. The van der Waals surface area contributed by atoms with Crippen LogP contribution in [0.3, 0.4) is 0 Å². The molecule has 0 aromatic heterocycles. The highest BCUT2D eigenvalue weighted by Crippen LogP contribution is 2.19. The average Bonchev–Trinajstić information content (AvgIpc) is 3.01. The summed E-state index contributed by atoms with van der Waals surface area (Å²) >= 11 is 0. The van der Waals surface area contributed by atoms with Crippen LogP contribution in [0.4, 0.5) is 13.2 Å². The number of nitrogens with one attached hydrogen (secondary N) is 1. The van der Waals surface area contributed by atoms with Crippen molar-refractivity contribution in [1.29, 1.82) is 0 Å². The minimum absolute atomic E-state index is 0.0701. The summed E-state index contributed by atoms with van der Waals surface area (Å²) in [5.74, 6) is -3.28. The molecule has 1 aromatic rings. The van der Waals surface area contributed by atoms with E-state index in [4.69, 9.17) is 0 Å². The van der Waals surface area contributed by atoms with Crippen LogP contribution in [-0.4, -0.2) is 36.5 Å². The average molecular weight is 400 g/mol. The molecular weight excluding hydrogens is 373 g/mol. The third kappa shape index (κ3) is 6.90. The van der Waals surface area contributed by atoms with E-state index in [1.807, 2.05) is 20.8 Å². The van der Waals surface area contributed by atoms with Crippen molar-refractivity contribution >= 4 is 11.9 Å². The monoisotopic (exact) mass is 400 g/mol. The Morgan fingerprint density at radius 1 is 1.32 bits per heavy atom. The summed E-state index contributed by atoms with van der Waals surface area (Å²) in [5, 5.41) is 2.96. The molecule has 1 atom stereocenters. The Kier molecular flexibility index (Phi) is 9.02. The van der Waals surface area contributed by atoms with Gasteiger partial charge in [-0.15, -0.1) is 0 Å². The normalized spacial score (nSPS) is 14.4. The van der Waals surface area contributed by atoms with Crippen LogP contribution in [0.25, 0.3) is 0 Å². The molecular formula is C20H27F3N2O3. The molecule has 1 amide bonds. The molecule has 0 spiro atoms. The minimum Gasteiger partial charge on any atom is -0.467 e. The van der Waals surface area contributed by atoms with E-state index in [2.05, 4.69) is 16.6 Å². The maximum absolute atomic E-state index is 13.3. The highest BCUT2D eigenvalue weighted by Gasteiger charge is 2.23. The van der Waals surface area contributed by atoms with Crippen LogP contribution in [0.1, 0.15) is 39.2 Å². The first kappa shape index (κ1) is 23.5. The van der Waals surface area contributed by atoms with Gasteiger partial charge in [0, 0.05) is 36.8 Å². The molecule has 156 valence electrons. The van der Waals surface area contributed by atoms with Crippen LogP contribution in [0.15, 0.2) is 24.4 Å². The van der Waals surface area contributed by atoms with Crippen molar-refractivity contribution in [3.8, 4) is 0 Å². The van der Waals surface area contributed by atoms with Gasteiger partial charge >= 0.3 is 5.97 Å². The van der Waals surface area contributed by atoms with Crippen LogP contribution in [-0.2, 0) is 20.9 Å². The zero-order chi connectivity index (χ0) is 21.4. The fraction of sp³-hybridized carbons (Fsp3) is 0.500. The molecule has 1 N–H and O–H groups in total. The van der Waals surface area contributed by atoms with Gasteiger partial charge in [0.2, 0.25) is 5.91 Å². The number of ether oxygens (including phenoxy) is 1. The first-order valence-corrected chi connectivity index (χ1v) is 8.97. The molecule has 5 nitrogen and oxygen atoms in total. The molecule has 1 aliphatic rings. The summed E-state index contributed by atoms with van der Waals surface area (Å²) in [6.45, 7) is 9.84. The fourth-order valence-corrected chi connectivity index (χ4v) is 2.69. The van der Waals surface area contributed by atoms with E-state index < -0.39 is 17.5 Å². The molecule has 1 aliphatic heterocycles. The number of amides is 1. The molecule has 2 rings (SSSR count). The van der Waals surface area contributed by atoms with Crippen molar-refractivity contribution in [3.63, 3.8) is 0 Å². The third-order valence-corrected chi connectivity index (χ3v) is 4.12. The number of likely N-dealkylation sites (tertiary alicyclic amines) is 1. The number of benzene rings is 1. The molecule has 1 fully saturated rings. The number of nitrogens with zero attached hydrogens (tertiary/aromatic N) is 1.